The molecule has 2 aromatic rings. The summed E-state index contributed by atoms with van der Waals surface area (Å²) in [5.41, 5.74) is 1.47. The number of amides is 1. The smallest absolute Gasteiger partial charge is 0.410 e. The molecule has 0 bridgehead atoms. The molecule has 146 valence electrons. The van der Waals surface area contributed by atoms with Gasteiger partial charge in [-0.05, 0) is 64.8 Å². The SMILES string of the molecule is CCOc1ccc(NC2CCN(C(=O)OC(C)(C)C)CC2)c2cccnc12. The monoisotopic (exact) mass is 371 g/mol. The minimum Gasteiger partial charge on any atom is -0.492 e. The van der Waals surface area contributed by atoms with Crippen molar-refractivity contribution in [3.8, 4) is 5.75 Å². The molecule has 1 saturated heterocycles. The molecule has 1 aliphatic rings. The molecule has 0 aliphatic carbocycles. The van der Waals surface area contributed by atoms with Gasteiger partial charge in [0.05, 0.1) is 6.61 Å². The number of nitrogens with zero attached hydrogens (tertiary/aromatic N) is 2. The zero-order chi connectivity index (χ0) is 19.4. The number of anilines is 1. The quantitative estimate of drug-likeness (QED) is 0.860. The second-order valence-electron chi connectivity index (χ2n) is 7.83. The molecule has 1 fully saturated rings. The molecule has 0 saturated carbocycles. The highest BCUT2D eigenvalue weighted by molar-refractivity contribution is 5.95. The summed E-state index contributed by atoms with van der Waals surface area (Å²) >= 11 is 0. The normalized spacial score (nSPS) is 15.6. The number of hydrogen-bond donors (Lipinski definition) is 1. The largest absolute Gasteiger partial charge is 0.492 e. The number of aromatic nitrogens is 1. The third-order valence-corrected chi connectivity index (χ3v) is 4.54. The third-order valence-electron chi connectivity index (χ3n) is 4.54. The number of carbonyl (C=O) groups is 1. The van der Waals surface area contributed by atoms with E-state index in [4.69, 9.17) is 9.47 Å². The Morgan fingerprint density at radius 2 is 2.00 bits per heavy atom. The van der Waals surface area contributed by atoms with Crippen LogP contribution in [-0.4, -0.2) is 47.3 Å². The molecule has 2 heterocycles. The van der Waals surface area contributed by atoms with Crippen LogP contribution in [0, 0.1) is 0 Å². The van der Waals surface area contributed by atoms with Gasteiger partial charge >= 0.3 is 6.09 Å². The molecule has 0 spiro atoms. The number of ether oxygens (including phenoxy) is 2. The van der Waals surface area contributed by atoms with E-state index in [0.29, 0.717) is 25.7 Å². The van der Waals surface area contributed by atoms with E-state index < -0.39 is 5.60 Å². The van der Waals surface area contributed by atoms with Crippen LogP contribution in [0.3, 0.4) is 0 Å². The van der Waals surface area contributed by atoms with E-state index in [1.54, 1.807) is 11.1 Å². The van der Waals surface area contributed by atoms with Gasteiger partial charge in [-0.15, -0.1) is 0 Å². The summed E-state index contributed by atoms with van der Waals surface area (Å²) in [4.78, 5) is 18.5. The van der Waals surface area contributed by atoms with Gasteiger partial charge in [0.15, 0.2) is 0 Å². The van der Waals surface area contributed by atoms with Crippen LogP contribution < -0.4 is 10.1 Å². The maximum Gasteiger partial charge on any atom is 0.410 e. The summed E-state index contributed by atoms with van der Waals surface area (Å²) in [6.07, 6.45) is 3.33. The Hall–Kier alpha value is -2.50. The van der Waals surface area contributed by atoms with Crippen molar-refractivity contribution in [1.82, 2.24) is 9.88 Å². The zero-order valence-electron chi connectivity index (χ0n) is 16.6. The van der Waals surface area contributed by atoms with Gasteiger partial charge in [-0.2, -0.15) is 0 Å². The number of benzene rings is 1. The first-order valence-electron chi connectivity index (χ1n) is 9.62. The summed E-state index contributed by atoms with van der Waals surface area (Å²) in [6.45, 7) is 9.65. The van der Waals surface area contributed by atoms with Crippen molar-refractivity contribution in [1.29, 1.82) is 0 Å². The Morgan fingerprint density at radius 1 is 1.26 bits per heavy atom. The van der Waals surface area contributed by atoms with Crippen LogP contribution in [0.25, 0.3) is 10.9 Å². The fourth-order valence-corrected chi connectivity index (χ4v) is 3.30. The fraction of sp³-hybridized carbons (Fsp3) is 0.524. The lowest BCUT2D eigenvalue weighted by Crippen LogP contribution is -2.44. The third kappa shape index (κ3) is 4.81. The van der Waals surface area contributed by atoms with Gasteiger partial charge < -0.3 is 19.7 Å². The second kappa shape index (κ2) is 8.03. The molecular weight excluding hydrogens is 342 g/mol. The zero-order valence-corrected chi connectivity index (χ0v) is 16.6. The van der Waals surface area contributed by atoms with Gasteiger partial charge in [0.1, 0.15) is 16.9 Å². The number of piperidine rings is 1. The number of hydrogen-bond acceptors (Lipinski definition) is 5. The number of fused-ring (bicyclic) bond motifs is 1. The van der Waals surface area contributed by atoms with Crippen molar-refractivity contribution in [2.45, 2.75) is 52.2 Å². The highest BCUT2D eigenvalue weighted by atomic mass is 16.6. The number of likely N-dealkylation sites (tertiary alicyclic amines) is 1. The number of carbonyl (C=O) groups excluding carboxylic acids is 1. The van der Waals surface area contributed by atoms with Gasteiger partial charge in [0.2, 0.25) is 0 Å². The predicted octanol–water partition coefficient (Wildman–Crippen LogP) is 4.44. The number of rotatable bonds is 4. The molecule has 6 heteroatoms. The van der Waals surface area contributed by atoms with Gasteiger partial charge in [0.25, 0.3) is 0 Å². The molecule has 1 N–H and O–H groups in total. The van der Waals surface area contributed by atoms with Crippen molar-refractivity contribution >= 4 is 22.7 Å². The van der Waals surface area contributed by atoms with Crippen LogP contribution >= 0.6 is 0 Å². The molecule has 0 unspecified atom stereocenters. The predicted molar refractivity (Wildman–Crippen MR) is 107 cm³/mol. The van der Waals surface area contributed by atoms with Gasteiger partial charge in [-0.25, -0.2) is 4.79 Å². The molecule has 1 aliphatic heterocycles. The Morgan fingerprint density at radius 3 is 2.67 bits per heavy atom. The molecular formula is C21H29N3O3. The van der Waals surface area contributed by atoms with Gasteiger partial charge in [-0.3, -0.25) is 4.98 Å². The van der Waals surface area contributed by atoms with Gasteiger partial charge in [0, 0.05) is 36.4 Å². The minimum atomic E-state index is -0.458. The highest BCUT2D eigenvalue weighted by Crippen LogP contribution is 2.31. The Labute approximate surface area is 160 Å². The van der Waals surface area contributed by atoms with Crippen molar-refractivity contribution in [3.05, 3.63) is 30.5 Å². The van der Waals surface area contributed by atoms with Crippen LogP contribution in [-0.2, 0) is 4.74 Å². The summed E-state index contributed by atoms with van der Waals surface area (Å²) < 4.78 is 11.2. The van der Waals surface area contributed by atoms with Crippen LogP contribution in [0.4, 0.5) is 10.5 Å². The molecule has 0 atom stereocenters. The van der Waals surface area contributed by atoms with E-state index in [9.17, 15) is 4.79 Å². The molecule has 1 amide bonds. The fourth-order valence-electron chi connectivity index (χ4n) is 3.30. The first-order chi connectivity index (χ1) is 12.9. The lowest BCUT2D eigenvalue weighted by molar-refractivity contribution is 0.0210. The van der Waals surface area contributed by atoms with E-state index in [1.807, 2.05) is 39.8 Å². The standard InChI is InChI=1S/C21H29N3O3/c1-5-26-18-9-8-17(16-7-6-12-22-19(16)18)23-15-10-13-24(14-11-15)20(25)27-21(2,3)4/h6-9,12,15,23H,5,10-11,13-14H2,1-4H3. The average Bonchev–Trinajstić information content (AvgIpc) is 2.63. The molecule has 1 aromatic carbocycles. The van der Waals surface area contributed by atoms with Crippen LogP contribution in [0.15, 0.2) is 30.5 Å². The van der Waals surface area contributed by atoms with Crippen molar-refractivity contribution in [3.63, 3.8) is 0 Å². The maximum absolute atomic E-state index is 12.2. The van der Waals surface area contributed by atoms with Crippen molar-refractivity contribution < 1.29 is 14.3 Å². The first kappa shape index (κ1) is 19.3. The summed E-state index contributed by atoms with van der Waals surface area (Å²) in [5.74, 6) is 0.804. The van der Waals surface area contributed by atoms with Crippen molar-refractivity contribution in [2.24, 2.45) is 0 Å². The maximum atomic E-state index is 12.2. The van der Waals surface area contributed by atoms with E-state index in [2.05, 4.69) is 22.4 Å². The van der Waals surface area contributed by atoms with Crippen LogP contribution in [0.5, 0.6) is 5.75 Å². The molecule has 27 heavy (non-hydrogen) atoms. The topological polar surface area (TPSA) is 63.7 Å². The Balaban J connectivity index is 1.66. The van der Waals surface area contributed by atoms with Gasteiger partial charge in [-0.1, -0.05) is 0 Å². The summed E-state index contributed by atoms with van der Waals surface area (Å²) in [6, 6.07) is 8.33. The first-order valence-corrected chi connectivity index (χ1v) is 9.62. The molecule has 0 radical (unpaired) electrons. The Bertz CT molecular complexity index is 793. The second-order valence-corrected chi connectivity index (χ2v) is 7.83. The highest BCUT2D eigenvalue weighted by Gasteiger charge is 2.27. The van der Waals surface area contributed by atoms with E-state index >= 15 is 0 Å². The van der Waals surface area contributed by atoms with Crippen molar-refractivity contribution in [2.75, 3.05) is 25.0 Å². The summed E-state index contributed by atoms with van der Waals surface area (Å²) in [5, 5.41) is 4.68. The van der Waals surface area contributed by atoms with Crippen LogP contribution in [0.2, 0.25) is 0 Å². The average molecular weight is 371 g/mol. The van der Waals surface area contributed by atoms with E-state index in [0.717, 1.165) is 35.2 Å². The van der Waals surface area contributed by atoms with E-state index in [-0.39, 0.29) is 6.09 Å². The molecule has 6 nitrogen and oxygen atoms in total. The Kier molecular flexibility index (Phi) is 5.73. The molecule has 1 aromatic heterocycles. The minimum absolute atomic E-state index is 0.225. The lowest BCUT2D eigenvalue weighted by atomic mass is 10.0. The lowest BCUT2D eigenvalue weighted by Gasteiger charge is -2.34. The number of nitrogens with one attached hydrogen (secondary N) is 1. The molecule has 3 rings (SSSR count). The van der Waals surface area contributed by atoms with E-state index in [1.165, 1.54) is 0 Å². The number of pyridine rings is 1. The van der Waals surface area contributed by atoms with Crippen LogP contribution in [0.1, 0.15) is 40.5 Å². The summed E-state index contributed by atoms with van der Waals surface area (Å²) in [7, 11) is 0.